The molecule has 33 heavy (non-hydrogen) atoms. The van der Waals surface area contributed by atoms with Crippen LogP contribution in [-0.4, -0.2) is 109 Å². The highest BCUT2D eigenvalue weighted by molar-refractivity contribution is 5.19. The van der Waals surface area contributed by atoms with Gasteiger partial charge in [0, 0.05) is 77.3 Å². The van der Waals surface area contributed by atoms with E-state index in [9.17, 15) is 9.50 Å². The largest absolute Gasteiger partial charge is 0.390 e. The molecule has 1 aromatic heterocycles. The number of ether oxygens (including phenoxy) is 2. The molecule has 182 valence electrons. The number of benzene rings is 1. The van der Waals surface area contributed by atoms with Crippen molar-refractivity contribution >= 4 is 0 Å². The molecule has 4 rings (SSSR count). The topological polar surface area (TPSA) is 53.3 Å². The fourth-order valence-electron chi connectivity index (χ4n) is 4.59. The molecule has 1 atom stereocenters. The minimum Gasteiger partial charge on any atom is -0.390 e. The number of aliphatic hydroxyl groups excluding tert-OH is 1. The van der Waals surface area contributed by atoms with E-state index >= 15 is 0 Å². The van der Waals surface area contributed by atoms with Gasteiger partial charge in [-0.2, -0.15) is 0 Å². The molecule has 8 heteroatoms. The van der Waals surface area contributed by atoms with E-state index in [0.29, 0.717) is 19.6 Å². The van der Waals surface area contributed by atoms with Crippen LogP contribution in [0.15, 0.2) is 42.6 Å². The lowest BCUT2D eigenvalue weighted by Gasteiger charge is -2.33. The quantitative estimate of drug-likeness (QED) is 0.549. The highest BCUT2D eigenvalue weighted by Gasteiger charge is 2.20. The SMILES string of the molecule is OC(CN1CCOCC1)CN(CCN1CCOCC1)Cc1cccn1Cc1cccc(F)c1. The zero-order chi connectivity index (χ0) is 22.9. The van der Waals surface area contributed by atoms with Crippen LogP contribution < -0.4 is 0 Å². The lowest BCUT2D eigenvalue weighted by molar-refractivity contribution is 0.00259. The molecule has 2 aliphatic rings. The Balaban J connectivity index is 1.38. The fourth-order valence-corrected chi connectivity index (χ4v) is 4.59. The van der Waals surface area contributed by atoms with Crippen molar-refractivity contribution in [2.75, 3.05) is 78.8 Å². The molecule has 2 aromatic rings. The average Bonchev–Trinajstić information content (AvgIpc) is 3.25. The second kappa shape index (κ2) is 12.6. The minimum atomic E-state index is -0.417. The molecule has 0 bridgehead atoms. The van der Waals surface area contributed by atoms with Crippen LogP contribution in [0.2, 0.25) is 0 Å². The number of β-amino-alcohol motifs (C(OH)–C–C–N with tert-alkyl or cyclic N) is 1. The molecular weight excluding hydrogens is 423 g/mol. The molecule has 0 amide bonds. The van der Waals surface area contributed by atoms with Crippen LogP contribution in [0, 0.1) is 5.82 Å². The molecule has 0 spiro atoms. The van der Waals surface area contributed by atoms with Crippen LogP contribution in [-0.2, 0) is 22.6 Å². The average molecular weight is 461 g/mol. The van der Waals surface area contributed by atoms with Gasteiger partial charge in [-0.15, -0.1) is 0 Å². The summed E-state index contributed by atoms with van der Waals surface area (Å²) in [5.74, 6) is -0.209. The third-order valence-corrected chi connectivity index (χ3v) is 6.43. The first kappa shape index (κ1) is 24.3. The van der Waals surface area contributed by atoms with Gasteiger partial charge in [-0.05, 0) is 29.8 Å². The third-order valence-electron chi connectivity index (χ3n) is 6.43. The number of aromatic nitrogens is 1. The number of nitrogens with zero attached hydrogens (tertiary/aromatic N) is 4. The summed E-state index contributed by atoms with van der Waals surface area (Å²) in [6, 6.07) is 10.9. The van der Waals surface area contributed by atoms with Gasteiger partial charge in [-0.25, -0.2) is 4.39 Å². The lowest BCUT2D eigenvalue weighted by atomic mass is 10.2. The van der Waals surface area contributed by atoms with Crippen LogP contribution in [0.4, 0.5) is 4.39 Å². The maximum absolute atomic E-state index is 13.6. The normalized spacial score (nSPS) is 19.2. The molecule has 2 saturated heterocycles. The van der Waals surface area contributed by atoms with Gasteiger partial charge >= 0.3 is 0 Å². The van der Waals surface area contributed by atoms with E-state index in [-0.39, 0.29) is 5.82 Å². The highest BCUT2D eigenvalue weighted by atomic mass is 19.1. The number of hydrogen-bond donors (Lipinski definition) is 1. The molecule has 1 aromatic carbocycles. The van der Waals surface area contributed by atoms with Gasteiger partial charge in [0.1, 0.15) is 5.82 Å². The van der Waals surface area contributed by atoms with E-state index in [1.807, 2.05) is 18.3 Å². The standard InChI is InChI=1S/C25H37FN4O3/c26-23-4-1-3-22(17-23)18-30-6-2-5-24(30)19-29(8-7-27-9-13-32-14-10-27)21-25(31)20-28-11-15-33-16-12-28/h1-6,17,25,31H,7-16,18-21H2. The number of hydrogen-bond acceptors (Lipinski definition) is 6. The molecule has 3 heterocycles. The summed E-state index contributed by atoms with van der Waals surface area (Å²) in [5, 5.41) is 10.9. The van der Waals surface area contributed by atoms with Crippen LogP contribution in [0.1, 0.15) is 11.3 Å². The molecule has 0 radical (unpaired) electrons. The summed E-state index contributed by atoms with van der Waals surface area (Å²) in [5.41, 5.74) is 2.11. The zero-order valence-corrected chi connectivity index (χ0v) is 19.4. The monoisotopic (exact) mass is 460 g/mol. The van der Waals surface area contributed by atoms with E-state index in [1.165, 1.54) is 11.8 Å². The molecule has 0 aliphatic carbocycles. The summed E-state index contributed by atoms with van der Waals surface area (Å²) in [6.45, 7) is 11.2. The van der Waals surface area contributed by atoms with Gasteiger partial charge in [-0.3, -0.25) is 14.7 Å². The van der Waals surface area contributed by atoms with Crippen molar-refractivity contribution in [1.29, 1.82) is 0 Å². The second-order valence-corrected chi connectivity index (χ2v) is 9.01. The van der Waals surface area contributed by atoms with Crippen molar-refractivity contribution in [1.82, 2.24) is 19.3 Å². The predicted octanol–water partition coefficient (Wildman–Crippen LogP) is 1.50. The molecular formula is C25H37FN4O3. The Kier molecular flexibility index (Phi) is 9.28. The Labute approximate surface area is 196 Å². The van der Waals surface area contributed by atoms with E-state index in [2.05, 4.69) is 25.3 Å². The van der Waals surface area contributed by atoms with Gasteiger partial charge in [0.05, 0.1) is 32.5 Å². The molecule has 7 nitrogen and oxygen atoms in total. The molecule has 2 aliphatic heterocycles. The van der Waals surface area contributed by atoms with Gasteiger partial charge in [0.2, 0.25) is 0 Å². The third kappa shape index (κ3) is 7.88. The van der Waals surface area contributed by atoms with E-state index in [4.69, 9.17) is 9.47 Å². The van der Waals surface area contributed by atoms with Gasteiger partial charge in [0.25, 0.3) is 0 Å². The van der Waals surface area contributed by atoms with Crippen molar-refractivity contribution in [3.63, 3.8) is 0 Å². The fraction of sp³-hybridized carbons (Fsp3) is 0.600. The first-order chi connectivity index (χ1) is 16.2. The summed E-state index contributed by atoms with van der Waals surface area (Å²) < 4.78 is 26.7. The zero-order valence-electron chi connectivity index (χ0n) is 19.4. The van der Waals surface area contributed by atoms with Crippen LogP contribution >= 0.6 is 0 Å². The second-order valence-electron chi connectivity index (χ2n) is 9.01. The lowest BCUT2D eigenvalue weighted by Crippen LogP contribution is -2.46. The van der Waals surface area contributed by atoms with E-state index in [0.717, 1.165) is 77.8 Å². The van der Waals surface area contributed by atoms with Gasteiger partial charge < -0.3 is 19.1 Å². The molecule has 1 unspecified atom stereocenters. The minimum absolute atomic E-state index is 0.209. The Morgan fingerprint density at radius 2 is 1.70 bits per heavy atom. The Morgan fingerprint density at radius 1 is 0.970 bits per heavy atom. The highest BCUT2D eigenvalue weighted by Crippen LogP contribution is 2.13. The number of halogens is 1. The molecule has 2 fully saturated rings. The van der Waals surface area contributed by atoms with Crippen molar-refractivity contribution in [2.45, 2.75) is 19.2 Å². The van der Waals surface area contributed by atoms with Crippen molar-refractivity contribution in [3.8, 4) is 0 Å². The maximum atomic E-state index is 13.6. The molecule has 0 saturated carbocycles. The number of aliphatic hydroxyl groups is 1. The van der Waals surface area contributed by atoms with Gasteiger partial charge in [0.15, 0.2) is 0 Å². The van der Waals surface area contributed by atoms with Crippen molar-refractivity contribution < 1.29 is 19.0 Å². The van der Waals surface area contributed by atoms with Crippen LogP contribution in [0.25, 0.3) is 0 Å². The summed E-state index contributed by atoms with van der Waals surface area (Å²) in [7, 11) is 0. The Morgan fingerprint density at radius 3 is 2.42 bits per heavy atom. The first-order valence-corrected chi connectivity index (χ1v) is 12.0. The Bertz CT molecular complexity index is 837. The van der Waals surface area contributed by atoms with Crippen molar-refractivity contribution in [3.05, 3.63) is 59.7 Å². The van der Waals surface area contributed by atoms with Gasteiger partial charge in [-0.1, -0.05) is 12.1 Å². The first-order valence-electron chi connectivity index (χ1n) is 12.0. The predicted molar refractivity (Wildman–Crippen MR) is 126 cm³/mol. The Hall–Kier alpha value is -1.81. The van der Waals surface area contributed by atoms with Crippen LogP contribution in [0.3, 0.4) is 0 Å². The number of morpholine rings is 2. The summed E-state index contributed by atoms with van der Waals surface area (Å²) in [6.07, 6.45) is 1.63. The number of rotatable bonds is 11. The van der Waals surface area contributed by atoms with Crippen molar-refractivity contribution in [2.24, 2.45) is 0 Å². The van der Waals surface area contributed by atoms with E-state index in [1.54, 1.807) is 12.1 Å². The summed E-state index contributed by atoms with van der Waals surface area (Å²) in [4.78, 5) is 7.05. The maximum Gasteiger partial charge on any atom is 0.123 e. The van der Waals surface area contributed by atoms with Crippen LogP contribution in [0.5, 0.6) is 0 Å². The summed E-state index contributed by atoms with van der Waals surface area (Å²) >= 11 is 0. The molecule has 1 N–H and O–H groups in total. The smallest absolute Gasteiger partial charge is 0.123 e. The van der Waals surface area contributed by atoms with E-state index < -0.39 is 6.10 Å².